The van der Waals surface area contributed by atoms with Gasteiger partial charge in [0, 0.05) is 25.5 Å². The number of aryl methyl sites for hydroxylation is 1. The fourth-order valence-corrected chi connectivity index (χ4v) is 6.16. The van der Waals surface area contributed by atoms with Crippen LogP contribution in [-0.4, -0.2) is 84.3 Å². The third-order valence-electron chi connectivity index (χ3n) is 7.78. The van der Waals surface area contributed by atoms with Crippen LogP contribution in [0, 0.1) is 9.62 Å². The van der Waals surface area contributed by atoms with Crippen LogP contribution < -0.4 is 4.90 Å². The van der Waals surface area contributed by atoms with Crippen molar-refractivity contribution in [3.8, 4) is 5.95 Å². The third-order valence-corrected chi connectivity index (χ3v) is 8.57. The third kappa shape index (κ3) is 4.70. The summed E-state index contributed by atoms with van der Waals surface area (Å²) in [5.74, 6) is 2.68. The molecule has 0 bridgehead atoms. The molecule has 0 radical (unpaired) electrons. The Bertz CT molecular complexity index is 1430. The molecule has 196 valence electrons. The molecule has 5 heterocycles. The highest BCUT2D eigenvalue weighted by Crippen LogP contribution is 2.31. The van der Waals surface area contributed by atoms with Gasteiger partial charge in [0.2, 0.25) is 0 Å². The average molecular weight is 617 g/mol. The minimum absolute atomic E-state index is 0.331. The Morgan fingerprint density at radius 1 is 1.05 bits per heavy atom. The summed E-state index contributed by atoms with van der Waals surface area (Å²) in [5.41, 5.74) is 1.98. The second-order valence-corrected chi connectivity index (χ2v) is 11.7. The molecule has 0 amide bonds. The number of ether oxygens (including phenoxy) is 1. The summed E-state index contributed by atoms with van der Waals surface area (Å²) in [4.78, 5) is 19.8. The summed E-state index contributed by atoms with van der Waals surface area (Å²) in [6.45, 7) is 9.34. The molecule has 10 nitrogen and oxygen atoms in total. The van der Waals surface area contributed by atoms with Gasteiger partial charge >= 0.3 is 0 Å². The van der Waals surface area contributed by atoms with E-state index in [0.29, 0.717) is 25.1 Å². The van der Waals surface area contributed by atoms with Crippen LogP contribution in [0.3, 0.4) is 0 Å². The highest BCUT2D eigenvalue weighted by molar-refractivity contribution is 14.1. The Morgan fingerprint density at radius 3 is 2.51 bits per heavy atom. The van der Waals surface area contributed by atoms with Crippen LogP contribution in [0.5, 0.6) is 0 Å². The zero-order valence-electron chi connectivity index (χ0n) is 21.6. The molecular weight excluding hydrogens is 583 g/mol. The Hall–Kier alpha value is -2.35. The van der Waals surface area contributed by atoms with Gasteiger partial charge in [0.25, 0.3) is 5.95 Å². The normalized spacial score (nSPS) is 18.4. The zero-order chi connectivity index (χ0) is 25.7. The van der Waals surface area contributed by atoms with Crippen LogP contribution in [0.25, 0.3) is 28.0 Å². The van der Waals surface area contributed by atoms with E-state index in [9.17, 15) is 5.11 Å². The van der Waals surface area contributed by atoms with Gasteiger partial charge < -0.3 is 19.3 Å². The number of halogens is 1. The highest BCUT2D eigenvalue weighted by Gasteiger charge is 2.31. The molecule has 0 aliphatic carbocycles. The first-order valence-corrected chi connectivity index (χ1v) is 14.0. The van der Waals surface area contributed by atoms with E-state index >= 15 is 0 Å². The first-order valence-electron chi connectivity index (χ1n) is 12.9. The molecular formula is C26H33IN8O2. The molecule has 0 saturated carbocycles. The van der Waals surface area contributed by atoms with Gasteiger partial charge in [-0.1, -0.05) is 18.2 Å². The minimum atomic E-state index is -0.627. The van der Waals surface area contributed by atoms with Gasteiger partial charge in [-0.2, -0.15) is 19.7 Å². The first-order chi connectivity index (χ1) is 17.8. The molecule has 11 heteroatoms. The van der Waals surface area contributed by atoms with Crippen molar-refractivity contribution >= 4 is 50.5 Å². The number of nitrogens with zero attached hydrogens (tertiary/aromatic N) is 8. The Kier molecular flexibility index (Phi) is 6.58. The second-order valence-electron chi connectivity index (χ2n) is 10.6. The maximum atomic E-state index is 10.4. The van der Waals surface area contributed by atoms with Crippen molar-refractivity contribution in [1.29, 1.82) is 0 Å². The minimum Gasteiger partial charge on any atom is -0.390 e. The summed E-state index contributed by atoms with van der Waals surface area (Å²) < 4.78 is 10.5. The number of benzene rings is 1. The molecule has 1 N–H and O–H groups in total. The topological polar surface area (TPSA) is 97.4 Å². The van der Waals surface area contributed by atoms with E-state index < -0.39 is 5.60 Å². The molecule has 2 saturated heterocycles. The van der Waals surface area contributed by atoms with Crippen LogP contribution in [-0.2, 0) is 18.3 Å². The predicted octanol–water partition coefficient (Wildman–Crippen LogP) is 3.13. The van der Waals surface area contributed by atoms with Crippen molar-refractivity contribution in [1.82, 2.24) is 34.2 Å². The number of morpholine rings is 1. The fraction of sp³-hybridized carbons (Fsp3) is 0.538. The molecule has 2 fully saturated rings. The van der Waals surface area contributed by atoms with Crippen LogP contribution in [0.2, 0.25) is 0 Å². The van der Waals surface area contributed by atoms with E-state index in [1.54, 1.807) is 0 Å². The number of aromatic nitrogens is 6. The summed E-state index contributed by atoms with van der Waals surface area (Å²) in [6, 6.07) is 8.17. The molecule has 0 atom stereocenters. The van der Waals surface area contributed by atoms with E-state index in [1.807, 2.05) is 37.7 Å². The van der Waals surface area contributed by atoms with Gasteiger partial charge in [0.05, 0.1) is 30.9 Å². The number of anilines is 1. The van der Waals surface area contributed by atoms with Crippen molar-refractivity contribution in [2.45, 2.75) is 38.8 Å². The van der Waals surface area contributed by atoms with Crippen molar-refractivity contribution in [3.63, 3.8) is 0 Å². The van der Waals surface area contributed by atoms with E-state index in [1.165, 1.54) is 0 Å². The van der Waals surface area contributed by atoms with Gasteiger partial charge in [-0.05, 0) is 74.4 Å². The molecule has 0 unspecified atom stereocenters. The smallest absolute Gasteiger partial charge is 0.255 e. The van der Waals surface area contributed by atoms with Gasteiger partial charge in [-0.15, -0.1) is 0 Å². The van der Waals surface area contributed by atoms with Gasteiger partial charge in [-0.3, -0.25) is 4.90 Å². The van der Waals surface area contributed by atoms with Gasteiger partial charge in [0.1, 0.15) is 9.53 Å². The molecule has 2 aliphatic heterocycles. The molecule has 6 rings (SSSR count). The molecule has 37 heavy (non-hydrogen) atoms. The maximum Gasteiger partial charge on any atom is 0.255 e. The quantitative estimate of drug-likeness (QED) is 0.342. The van der Waals surface area contributed by atoms with Gasteiger partial charge in [0.15, 0.2) is 17.0 Å². The lowest BCUT2D eigenvalue weighted by Gasteiger charge is -2.37. The summed E-state index contributed by atoms with van der Waals surface area (Å²) in [6.07, 6.45) is 1.98. The number of imidazole rings is 1. The number of fused-ring (bicyclic) bond motifs is 2. The SMILES string of the molecule is Cn1c(CN2CCC(C(C)(C)O)CC2)nc2c(N3CCOCC3)nc(-n3nc(I)c4ccccc43)nc21. The van der Waals surface area contributed by atoms with Gasteiger partial charge in [-0.25, -0.2) is 4.98 Å². The summed E-state index contributed by atoms with van der Waals surface area (Å²) in [7, 11) is 2.04. The number of hydrogen-bond acceptors (Lipinski definition) is 8. The van der Waals surface area contributed by atoms with Crippen LogP contribution in [0.1, 0.15) is 32.5 Å². The molecule has 4 aromatic rings. The van der Waals surface area contributed by atoms with E-state index in [0.717, 1.165) is 83.0 Å². The Labute approximate surface area is 229 Å². The van der Waals surface area contributed by atoms with E-state index in [2.05, 4.69) is 49.1 Å². The lowest BCUT2D eigenvalue weighted by atomic mass is 9.83. The number of aliphatic hydroxyl groups is 1. The number of piperidine rings is 1. The summed E-state index contributed by atoms with van der Waals surface area (Å²) >= 11 is 2.27. The zero-order valence-corrected chi connectivity index (χ0v) is 23.7. The second kappa shape index (κ2) is 9.75. The number of hydrogen-bond donors (Lipinski definition) is 1. The van der Waals surface area contributed by atoms with Crippen LogP contribution in [0.15, 0.2) is 24.3 Å². The van der Waals surface area contributed by atoms with Crippen LogP contribution >= 0.6 is 22.6 Å². The van der Waals surface area contributed by atoms with Crippen molar-refractivity contribution in [2.24, 2.45) is 13.0 Å². The maximum absolute atomic E-state index is 10.4. The van der Waals surface area contributed by atoms with E-state index in [-0.39, 0.29) is 0 Å². The molecule has 2 aliphatic rings. The van der Waals surface area contributed by atoms with Crippen molar-refractivity contribution < 1.29 is 9.84 Å². The Balaban J connectivity index is 1.40. The lowest BCUT2D eigenvalue weighted by Crippen LogP contribution is -2.41. The molecule has 3 aromatic heterocycles. The highest BCUT2D eigenvalue weighted by atomic mass is 127. The van der Waals surface area contributed by atoms with Crippen LogP contribution in [0.4, 0.5) is 5.82 Å². The first kappa shape index (κ1) is 25.0. The Morgan fingerprint density at radius 2 is 1.78 bits per heavy atom. The number of rotatable bonds is 5. The van der Waals surface area contributed by atoms with E-state index in [4.69, 9.17) is 24.8 Å². The van der Waals surface area contributed by atoms with Crippen molar-refractivity contribution in [3.05, 3.63) is 33.8 Å². The largest absolute Gasteiger partial charge is 0.390 e. The molecule has 1 aromatic carbocycles. The number of likely N-dealkylation sites (tertiary alicyclic amines) is 1. The lowest BCUT2D eigenvalue weighted by molar-refractivity contribution is -0.0139. The average Bonchev–Trinajstić information content (AvgIpc) is 3.40. The summed E-state index contributed by atoms with van der Waals surface area (Å²) in [5, 5.41) is 16.3. The number of para-hydroxylation sites is 1. The predicted molar refractivity (Wildman–Crippen MR) is 151 cm³/mol. The standard InChI is InChI=1S/C26H33IN8O2/c1-26(2,36)17-8-10-33(11-9-17)16-20-28-21-23(32(20)3)29-25(30-24(21)34-12-14-37-15-13-34)35-19-7-5-4-6-18(19)22(27)31-35/h4-7,17,36H,8-16H2,1-3H3. The fourth-order valence-electron chi connectivity index (χ4n) is 5.49. The molecule has 0 spiro atoms. The monoisotopic (exact) mass is 616 g/mol. The van der Waals surface area contributed by atoms with Crippen molar-refractivity contribution in [2.75, 3.05) is 44.3 Å².